The van der Waals surface area contributed by atoms with Gasteiger partial charge in [0, 0.05) is 18.8 Å². The van der Waals surface area contributed by atoms with Crippen molar-refractivity contribution in [2.24, 2.45) is 0 Å². The van der Waals surface area contributed by atoms with Crippen LogP contribution >= 0.6 is 0 Å². The highest BCUT2D eigenvalue weighted by Crippen LogP contribution is 2.23. The molecular formula is C19H26N6O2. The Balaban J connectivity index is 1.61. The molecule has 2 heterocycles. The zero-order chi connectivity index (χ0) is 19.2. The lowest BCUT2D eigenvalue weighted by molar-refractivity contribution is 0.407. The quantitative estimate of drug-likeness (QED) is 0.534. The molecule has 3 aromatic rings. The van der Waals surface area contributed by atoms with Crippen molar-refractivity contribution in [2.45, 2.75) is 58.8 Å². The summed E-state index contributed by atoms with van der Waals surface area (Å²) in [4.78, 5) is 1.56. The molecule has 0 aliphatic heterocycles. The van der Waals surface area contributed by atoms with Crippen molar-refractivity contribution in [2.75, 3.05) is 7.11 Å². The molecule has 2 aromatic heterocycles. The third-order valence-electron chi connectivity index (χ3n) is 4.33. The Kier molecular flexibility index (Phi) is 6.16. The standard InChI is InChI=1S/C19H26N6O2/c1-5-17-20-24-25(23-17)15-10-11-16(26-4)14(12-15)8-6-7-9-18-21-22-19(27-18)13(2)3/h10-13H,5-9H2,1-4H3. The molecule has 0 radical (unpaired) electrons. The predicted octanol–water partition coefficient (Wildman–Crippen LogP) is 3.31. The van der Waals surface area contributed by atoms with Gasteiger partial charge in [-0.3, -0.25) is 0 Å². The molecule has 8 nitrogen and oxygen atoms in total. The van der Waals surface area contributed by atoms with Crippen LogP contribution in [0.25, 0.3) is 5.69 Å². The van der Waals surface area contributed by atoms with E-state index in [1.807, 2.05) is 32.9 Å². The van der Waals surface area contributed by atoms with Crippen LogP contribution in [0.1, 0.15) is 62.7 Å². The van der Waals surface area contributed by atoms with Crippen LogP contribution in [0.5, 0.6) is 5.75 Å². The highest BCUT2D eigenvalue weighted by molar-refractivity contribution is 5.43. The van der Waals surface area contributed by atoms with E-state index >= 15 is 0 Å². The maximum absolute atomic E-state index is 5.66. The first-order valence-electron chi connectivity index (χ1n) is 9.39. The van der Waals surface area contributed by atoms with Crippen LogP contribution in [-0.2, 0) is 19.3 Å². The molecule has 0 aliphatic carbocycles. The summed E-state index contributed by atoms with van der Waals surface area (Å²) in [5.41, 5.74) is 2.01. The SMILES string of the molecule is CCc1nnn(-c2ccc(OC)c(CCCCc3nnc(C(C)C)o3)c2)n1. The van der Waals surface area contributed by atoms with Crippen molar-refractivity contribution in [3.8, 4) is 11.4 Å². The number of rotatable bonds is 9. The van der Waals surface area contributed by atoms with E-state index in [1.165, 1.54) is 0 Å². The van der Waals surface area contributed by atoms with Gasteiger partial charge in [-0.1, -0.05) is 20.8 Å². The maximum Gasteiger partial charge on any atom is 0.219 e. The number of ether oxygens (including phenoxy) is 1. The van der Waals surface area contributed by atoms with Gasteiger partial charge in [0.25, 0.3) is 0 Å². The third-order valence-corrected chi connectivity index (χ3v) is 4.33. The van der Waals surface area contributed by atoms with E-state index in [4.69, 9.17) is 9.15 Å². The van der Waals surface area contributed by atoms with Crippen LogP contribution in [-0.4, -0.2) is 37.5 Å². The fraction of sp³-hybridized carbons (Fsp3) is 0.526. The highest BCUT2D eigenvalue weighted by Gasteiger charge is 2.11. The van der Waals surface area contributed by atoms with Crippen molar-refractivity contribution in [3.05, 3.63) is 41.4 Å². The summed E-state index contributed by atoms with van der Waals surface area (Å²) < 4.78 is 11.2. The van der Waals surface area contributed by atoms with Crippen molar-refractivity contribution in [1.29, 1.82) is 0 Å². The number of methoxy groups -OCH3 is 1. The Labute approximate surface area is 158 Å². The highest BCUT2D eigenvalue weighted by atomic mass is 16.5. The number of nitrogens with zero attached hydrogens (tertiary/aromatic N) is 6. The smallest absolute Gasteiger partial charge is 0.219 e. The number of aromatic nitrogens is 6. The molecule has 0 amide bonds. The first-order chi connectivity index (χ1) is 13.1. The summed E-state index contributed by atoms with van der Waals surface area (Å²) in [5.74, 6) is 3.27. The molecule has 0 unspecified atom stereocenters. The minimum absolute atomic E-state index is 0.261. The fourth-order valence-electron chi connectivity index (χ4n) is 2.77. The van der Waals surface area contributed by atoms with E-state index in [0.29, 0.717) is 11.8 Å². The third kappa shape index (κ3) is 4.69. The first kappa shape index (κ1) is 19.0. The molecule has 0 bridgehead atoms. The summed E-state index contributed by atoms with van der Waals surface area (Å²) in [7, 11) is 1.69. The lowest BCUT2D eigenvalue weighted by atomic mass is 10.1. The molecule has 8 heteroatoms. The van der Waals surface area contributed by atoms with E-state index in [0.717, 1.165) is 54.9 Å². The van der Waals surface area contributed by atoms with Gasteiger partial charge < -0.3 is 9.15 Å². The molecule has 27 heavy (non-hydrogen) atoms. The van der Waals surface area contributed by atoms with E-state index in [2.05, 4.69) is 31.7 Å². The molecule has 0 saturated heterocycles. The van der Waals surface area contributed by atoms with E-state index in [9.17, 15) is 0 Å². The second kappa shape index (κ2) is 8.75. The zero-order valence-electron chi connectivity index (χ0n) is 16.3. The lowest BCUT2D eigenvalue weighted by Gasteiger charge is -2.10. The van der Waals surface area contributed by atoms with E-state index < -0.39 is 0 Å². The minimum atomic E-state index is 0.261. The fourth-order valence-corrected chi connectivity index (χ4v) is 2.77. The molecule has 0 N–H and O–H groups in total. The Morgan fingerprint density at radius 1 is 1.11 bits per heavy atom. The Hall–Kier alpha value is -2.77. The van der Waals surface area contributed by atoms with Gasteiger partial charge in [-0.05, 0) is 48.2 Å². The molecular weight excluding hydrogens is 344 g/mol. The number of aryl methyl sites for hydroxylation is 3. The van der Waals surface area contributed by atoms with E-state index in [1.54, 1.807) is 11.9 Å². The zero-order valence-corrected chi connectivity index (χ0v) is 16.3. The number of unbranched alkanes of at least 4 members (excludes halogenated alkanes) is 1. The van der Waals surface area contributed by atoms with Gasteiger partial charge in [-0.25, -0.2) is 0 Å². The number of benzene rings is 1. The largest absolute Gasteiger partial charge is 0.496 e. The van der Waals surface area contributed by atoms with Crippen LogP contribution in [0.4, 0.5) is 0 Å². The topological polar surface area (TPSA) is 91.8 Å². The number of tetrazole rings is 1. The Morgan fingerprint density at radius 2 is 1.93 bits per heavy atom. The molecule has 144 valence electrons. The summed E-state index contributed by atoms with van der Waals surface area (Å²) in [6, 6.07) is 5.95. The Morgan fingerprint density at radius 3 is 2.59 bits per heavy atom. The summed E-state index contributed by atoms with van der Waals surface area (Å²) in [5, 5.41) is 20.7. The van der Waals surface area contributed by atoms with Crippen molar-refractivity contribution in [3.63, 3.8) is 0 Å². The van der Waals surface area contributed by atoms with Crippen LogP contribution in [0.2, 0.25) is 0 Å². The molecule has 3 rings (SSSR count). The Bertz CT molecular complexity index is 871. The average Bonchev–Trinajstić information content (AvgIpc) is 3.34. The van der Waals surface area contributed by atoms with Crippen LogP contribution in [0.3, 0.4) is 0 Å². The van der Waals surface area contributed by atoms with Gasteiger partial charge in [0.15, 0.2) is 5.82 Å². The molecule has 1 aromatic carbocycles. The van der Waals surface area contributed by atoms with Crippen molar-refractivity contribution in [1.82, 2.24) is 30.4 Å². The first-order valence-corrected chi connectivity index (χ1v) is 9.39. The average molecular weight is 370 g/mol. The monoisotopic (exact) mass is 370 g/mol. The van der Waals surface area contributed by atoms with E-state index in [-0.39, 0.29) is 5.92 Å². The second-order valence-corrected chi connectivity index (χ2v) is 6.74. The summed E-state index contributed by atoms with van der Waals surface area (Å²) >= 11 is 0. The normalized spacial score (nSPS) is 11.3. The van der Waals surface area contributed by atoms with Crippen molar-refractivity contribution < 1.29 is 9.15 Å². The van der Waals surface area contributed by atoms with Gasteiger partial charge in [0.1, 0.15) is 5.75 Å². The van der Waals surface area contributed by atoms with Gasteiger partial charge >= 0.3 is 0 Å². The van der Waals surface area contributed by atoms with Gasteiger partial charge in [-0.15, -0.1) is 25.2 Å². The minimum Gasteiger partial charge on any atom is -0.496 e. The maximum atomic E-state index is 5.66. The molecule has 0 fully saturated rings. The van der Waals surface area contributed by atoms with Gasteiger partial charge in [-0.2, -0.15) is 0 Å². The molecule has 0 aliphatic rings. The summed E-state index contributed by atoms with van der Waals surface area (Å²) in [6.45, 7) is 6.10. The second-order valence-electron chi connectivity index (χ2n) is 6.74. The summed E-state index contributed by atoms with van der Waals surface area (Å²) in [6.07, 6.45) is 4.39. The molecule has 0 atom stereocenters. The van der Waals surface area contributed by atoms with Gasteiger partial charge in [0.05, 0.1) is 12.8 Å². The van der Waals surface area contributed by atoms with Crippen molar-refractivity contribution >= 4 is 0 Å². The molecule has 0 spiro atoms. The lowest BCUT2D eigenvalue weighted by Crippen LogP contribution is -2.02. The van der Waals surface area contributed by atoms with Crippen LogP contribution in [0.15, 0.2) is 22.6 Å². The van der Waals surface area contributed by atoms with Gasteiger partial charge in [0.2, 0.25) is 11.8 Å². The molecule has 0 saturated carbocycles. The predicted molar refractivity (Wildman–Crippen MR) is 100 cm³/mol. The van der Waals surface area contributed by atoms with Crippen LogP contribution < -0.4 is 4.74 Å². The van der Waals surface area contributed by atoms with Crippen LogP contribution in [0, 0.1) is 0 Å². The number of hydrogen-bond acceptors (Lipinski definition) is 7. The number of hydrogen-bond donors (Lipinski definition) is 0.